The summed E-state index contributed by atoms with van der Waals surface area (Å²) in [4.78, 5) is 12.1. The average Bonchev–Trinajstić information content (AvgIpc) is 2.56. The maximum atomic E-state index is 12.1. The highest BCUT2D eigenvalue weighted by Crippen LogP contribution is 2.18. The summed E-state index contributed by atoms with van der Waals surface area (Å²) in [5.41, 5.74) is 1.10. The Labute approximate surface area is 132 Å². The molecule has 0 aliphatic carbocycles. The molecule has 1 heterocycles. The van der Waals surface area contributed by atoms with Crippen molar-refractivity contribution >= 4 is 6.03 Å². The number of rotatable bonds is 6. The molecule has 1 fully saturated rings. The van der Waals surface area contributed by atoms with Crippen molar-refractivity contribution in [2.75, 3.05) is 19.8 Å². The molecule has 5 nitrogen and oxygen atoms in total. The third kappa shape index (κ3) is 5.31. The molecule has 122 valence electrons. The summed E-state index contributed by atoms with van der Waals surface area (Å²) in [7, 11) is 0. The van der Waals surface area contributed by atoms with Gasteiger partial charge in [0.05, 0.1) is 12.6 Å². The SMILES string of the molecule is CC(NC(=O)NC(CO)Cc1ccccc1)C1CCOCC1. The molecule has 2 rings (SSSR count). The first-order chi connectivity index (χ1) is 10.7. The van der Waals surface area contributed by atoms with Crippen LogP contribution in [0.1, 0.15) is 25.3 Å². The Morgan fingerprint density at radius 2 is 1.95 bits per heavy atom. The van der Waals surface area contributed by atoms with Gasteiger partial charge in [0.25, 0.3) is 0 Å². The lowest BCUT2D eigenvalue weighted by atomic mass is 9.93. The number of hydrogen-bond donors (Lipinski definition) is 3. The summed E-state index contributed by atoms with van der Waals surface area (Å²) in [6.07, 6.45) is 2.58. The fourth-order valence-corrected chi connectivity index (χ4v) is 2.83. The second-order valence-corrected chi connectivity index (χ2v) is 5.93. The van der Waals surface area contributed by atoms with Crippen LogP contribution in [0.5, 0.6) is 0 Å². The third-order valence-electron chi connectivity index (χ3n) is 4.21. The van der Waals surface area contributed by atoms with Crippen LogP contribution in [0.2, 0.25) is 0 Å². The molecule has 5 heteroatoms. The van der Waals surface area contributed by atoms with Gasteiger partial charge in [0.2, 0.25) is 0 Å². The van der Waals surface area contributed by atoms with Crippen molar-refractivity contribution in [3.63, 3.8) is 0 Å². The van der Waals surface area contributed by atoms with Crippen molar-refractivity contribution in [2.45, 2.75) is 38.3 Å². The van der Waals surface area contributed by atoms with Gasteiger partial charge >= 0.3 is 6.03 Å². The molecule has 0 radical (unpaired) electrons. The molecule has 1 saturated heterocycles. The minimum atomic E-state index is -0.274. The van der Waals surface area contributed by atoms with Gasteiger partial charge in [-0.3, -0.25) is 0 Å². The fraction of sp³-hybridized carbons (Fsp3) is 0.588. The van der Waals surface area contributed by atoms with E-state index in [0.717, 1.165) is 31.6 Å². The number of carbonyl (C=O) groups is 1. The molecular formula is C17H26N2O3. The lowest BCUT2D eigenvalue weighted by Crippen LogP contribution is -2.49. The van der Waals surface area contributed by atoms with Gasteiger partial charge in [-0.15, -0.1) is 0 Å². The number of aliphatic hydroxyl groups is 1. The zero-order valence-electron chi connectivity index (χ0n) is 13.1. The van der Waals surface area contributed by atoms with Crippen LogP contribution >= 0.6 is 0 Å². The van der Waals surface area contributed by atoms with Crippen LogP contribution in [0.3, 0.4) is 0 Å². The molecule has 0 saturated carbocycles. The van der Waals surface area contributed by atoms with Crippen molar-refractivity contribution in [3.8, 4) is 0 Å². The van der Waals surface area contributed by atoms with Gasteiger partial charge in [0.15, 0.2) is 0 Å². The maximum Gasteiger partial charge on any atom is 0.315 e. The molecule has 1 aliphatic rings. The number of ether oxygens (including phenoxy) is 1. The van der Waals surface area contributed by atoms with Gasteiger partial charge in [0.1, 0.15) is 0 Å². The van der Waals surface area contributed by atoms with Crippen molar-refractivity contribution in [1.82, 2.24) is 10.6 Å². The van der Waals surface area contributed by atoms with Crippen molar-refractivity contribution < 1.29 is 14.6 Å². The van der Waals surface area contributed by atoms with E-state index in [1.54, 1.807) is 0 Å². The van der Waals surface area contributed by atoms with Gasteiger partial charge < -0.3 is 20.5 Å². The van der Waals surface area contributed by atoms with E-state index in [0.29, 0.717) is 12.3 Å². The Kier molecular flexibility index (Phi) is 6.68. The molecule has 2 amide bonds. The quantitative estimate of drug-likeness (QED) is 0.749. The van der Waals surface area contributed by atoms with E-state index in [-0.39, 0.29) is 24.7 Å². The fourth-order valence-electron chi connectivity index (χ4n) is 2.83. The van der Waals surface area contributed by atoms with Crippen LogP contribution in [-0.2, 0) is 11.2 Å². The van der Waals surface area contributed by atoms with E-state index < -0.39 is 0 Å². The predicted octanol–water partition coefficient (Wildman–Crippen LogP) is 1.70. The summed E-state index contributed by atoms with van der Waals surface area (Å²) >= 11 is 0. The molecule has 0 bridgehead atoms. The standard InChI is InChI=1S/C17H26N2O3/c1-13(15-7-9-22-10-8-15)18-17(21)19-16(12-20)11-14-5-3-2-4-6-14/h2-6,13,15-16,20H,7-12H2,1H3,(H2,18,19,21). The minimum Gasteiger partial charge on any atom is -0.394 e. The van der Waals surface area contributed by atoms with Crippen LogP contribution in [0.25, 0.3) is 0 Å². The molecule has 0 aromatic heterocycles. The van der Waals surface area contributed by atoms with Crippen molar-refractivity contribution in [3.05, 3.63) is 35.9 Å². The lowest BCUT2D eigenvalue weighted by Gasteiger charge is -2.29. The van der Waals surface area contributed by atoms with Gasteiger partial charge in [-0.05, 0) is 37.7 Å². The van der Waals surface area contributed by atoms with E-state index in [9.17, 15) is 9.90 Å². The highest BCUT2D eigenvalue weighted by molar-refractivity contribution is 5.74. The maximum absolute atomic E-state index is 12.1. The predicted molar refractivity (Wildman–Crippen MR) is 85.7 cm³/mol. The Balaban J connectivity index is 1.78. The van der Waals surface area contributed by atoms with Crippen molar-refractivity contribution in [2.24, 2.45) is 5.92 Å². The summed E-state index contributed by atoms with van der Waals surface area (Å²) in [6, 6.07) is 9.47. The number of amides is 2. The second kappa shape index (κ2) is 8.76. The zero-order chi connectivity index (χ0) is 15.8. The topological polar surface area (TPSA) is 70.6 Å². The van der Waals surface area contributed by atoms with Crippen LogP contribution in [0.4, 0.5) is 4.79 Å². The Hall–Kier alpha value is -1.59. The minimum absolute atomic E-state index is 0.0754. The summed E-state index contributed by atoms with van der Waals surface area (Å²) in [5.74, 6) is 0.459. The number of carbonyl (C=O) groups excluding carboxylic acids is 1. The van der Waals surface area contributed by atoms with Crippen LogP contribution < -0.4 is 10.6 Å². The molecule has 1 aromatic rings. The molecule has 22 heavy (non-hydrogen) atoms. The van der Waals surface area contributed by atoms with Gasteiger partial charge in [-0.25, -0.2) is 4.79 Å². The first kappa shape index (κ1) is 16.8. The molecule has 1 aliphatic heterocycles. The lowest BCUT2D eigenvalue weighted by molar-refractivity contribution is 0.0570. The summed E-state index contributed by atoms with van der Waals surface area (Å²) in [6.45, 7) is 3.49. The molecular weight excluding hydrogens is 280 g/mol. The first-order valence-corrected chi connectivity index (χ1v) is 7.98. The van der Waals surface area contributed by atoms with Crippen LogP contribution in [0.15, 0.2) is 30.3 Å². The van der Waals surface area contributed by atoms with Gasteiger partial charge in [-0.1, -0.05) is 30.3 Å². The molecule has 2 atom stereocenters. The number of benzene rings is 1. The van der Waals surface area contributed by atoms with E-state index in [1.807, 2.05) is 37.3 Å². The molecule has 2 unspecified atom stereocenters. The highest BCUT2D eigenvalue weighted by Gasteiger charge is 2.22. The Morgan fingerprint density at radius 1 is 1.27 bits per heavy atom. The largest absolute Gasteiger partial charge is 0.394 e. The van der Waals surface area contributed by atoms with E-state index in [2.05, 4.69) is 10.6 Å². The molecule has 1 aromatic carbocycles. The van der Waals surface area contributed by atoms with E-state index in [4.69, 9.17) is 4.74 Å². The van der Waals surface area contributed by atoms with Crippen LogP contribution in [-0.4, -0.2) is 43.0 Å². The monoisotopic (exact) mass is 306 g/mol. The molecule has 3 N–H and O–H groups in total. The number of hydrogen-bond acceptors (Lipinski definition) is 3. The van der Waals surface area contributed by atoms with E-state index >= 15 is 0 Å². The first-order valence-electron chi connectivity index (χ1n) is 7.98. The Morgan fingerprint density at radius 3 is 2.59 bits per heavy atom. The van der Waals surface area contributed by atoms with Gasteiger partial charge in [0, 0.05) is 19.3 Å². The number of nitrogens with one attached hydrogen (secondary N) is 2. The molecule has 0 spiro atoms. The summed E-state index contributed by atoms with van der Waals surface area (Å²) < 4.78 is 5.34. The normalized spacial score (nSPS) is 18.5. The van der Waals surface area contributed by atoms with Crippen LogP contribution in [0, 0.1) is 5.92 Å². The van der Waals surface area contributed by atoms with Gasteiger partial charge in [-0.2, -0.15) is 0 Å². The Bertz CT molecular complexity index is 446. The average molecular weight is 306 g/mol. The number of aliphatic hydroxyl groups excluding tert-OH is 1. The highest BCUT2D eigenvalue weighted by atomic mass is 16.5. The zero-order valence-corrected chi connectivity index (χ0v) is 13.1. The smallest absolute Gasteiger partial charge is 0.315 e. The second-order valence-electron chi connectivity index (χ2n) is 5.93. The summed E-state index contributed by atoms with van der Waals surface area (Å²) in [5, 5.41) is 15.3. The van der Waals surface area contributed by atoms with Crippen molar-refractivity contribution in [1.29, 1.82) is 0 Å². The third-order valence-corrected chi connectivity index (χ3v) is 4.21. The number of urea groups is 1. The van der Waals surface area contributed by atoms with E-state index in [1.165, 1.54) is 0 Å².